The first-order valence-corrected chi connectivity index (χ1v) is 11.1. The molecule has 0 N–H and O–H groups in total. The van der Waals surface area contributed by atoms with Crippen molar-refractivity contribution in [2.24, 2.45) is 0 Å². The van der Waals surface area contributed by atoms with E-state index in [0.717, 1.165) is 30.7 Å². The summed E-state index contributed by atoms with van der Waals surface area (Å²) in [7, 11) is 2.09. The van der Waals surface area contributed by atoms with Crippen LogP contribution < -0.4 is 0 Å². The number of aryl methyl sites for hydroxylation is 1. The summed E-state index contributed by atoms with van der Waals surface area (Å²) in [6, 6.07) is 19.2. The van der Waals surface area contributed by atoms with Crippen molar-refractivity contribution in [3.05, 3.63) is 89.2 Å². The van der Waals surface area contributed by atoms with Crippen molar-refractivity contribution in [1.29, 1.82) is 0 Å². The Morgan fingerprint density at radius 2 is 1.74 bits per heavy atom. The molecule has 2 aromatic heterocycles. The first kappa shape index (κ1) is 19.9. The summed E-state index contributed by atoms with van der Waals surface area (Å²) < 4.78 is 5.73. The van der Waals surface area contributed by atoms with Crippen LogP contribution in [0.15, 0.2) is 65.3 Å². The Hall–Kier alpha value is -3.05. The van der Waals surface area contributed by atoms with E-state index in [-0.39, 0.29) is 5.41 Å². The third-order valence-corrected chi connectivity index (χ3v) is 6.54. The van der Waals surface area contributed by atoms with Crippen molar-refractivity contribution in [2.45, 2.75) is 51.1 Å². The summed E-state index contributed by atoms with van der Waals surface area (Å²) in [5.74, 6) is 1.51. The Morgan fingerprint density at radius 1 is 0.968 bits per heavy atom. The maximum atomic E-state index is 5.73. The molecule has 0 radical (unpaired) electrons. The van der Waals surface area contributed by atoms with Gasteiger partial charge >= 0.3 is 0 Å². The van der Waals surface area contributed by atoms with Crippen LogP contribution in [0, 0.1) is 6.92 Å². The summed E-state index contributed by atoms with van der Waals surface area (Å²) in [6.07, 6.45) is 6.43. The molecular formula is C26H28N4O. The third-order valence-electron chi connectivity index (χ3n) is 6.54. The Morgan fingerprint density at radius 3 is 2.55 bits per heavy atom. The molecule has 31 heavy (non-hydrogen) atoms. The summed E-state index contributed by atoms with van der Waals surface area (Å²) in [6.45, 7) is 3.54. The first-order valence-electron chi connectivity index (χ1n) is 11.1. The van der Waals surface area contributed by atoms with E-state index in [1.807, 2.05) is 12.3 Å². The van der Waals surface area contributed by atoms with Crippen LogP contribution in [-0.4, -0.2) is 27.1 Å². The molecule has 5 rings (SSSR count). The Bertz CT molecular complexity index is 1170. The van der Waals surface area contributed by atoms with Gasteiger partial charge in [0.1, 0.15) is 0 Å². The Labute approximate surface area is 183 Å². The minimum absolute atomic E-state index is 0.116. The number of hydrogen-bond donors (Lipinski definition) is 0. The van der Waals surface area contributed by atoms with Crippen LogP contribution in [0.3, 0.4) is 0 Å². The lowest BCUT2D eigenvalue weighted by Gasteiger charge is -2.26. The van der Waals surface area contributed by atoms with E-state index in [0.29, 0.717) is 12.4 Å². The Balaban J connectivity index is 1.36. The van der Waals surface area contributed by atoms with Gasteiger partial charge in [0.25, 0.3) is 0 Å². The molecule has 2 aromatic carbocycles. The summed E-state index contributed by atoms with van der Waals surface area (Å²) in [5, 5.41) is 5.64. The normalized spacial score (nSPS) is 15.7. The van der Waals surface area contributed by atoms with Gasteiger partial charge in [-0.1, -0.05) is 66.0 Å². The molecule has 0 aliphatic heterocycles. The lowest BCUT2D eigenvalue weighted by atomic mass is 9.78. The Kier molecular flexibility index (Phi) is 5.28. The summed E-state index contributed by atoms with van der Waals surface area (Å²) >= 11 is 0. The molecule has 1 aliphatic rings. The van der Waals surface area contributed by atoms with Crippen molar-refractivity contribution in [3.8, 4) is 0 Å². The van der Waals surface area contributed by atoms with Crippen molar-refractivity contribution in [2.75, 3.05) is 7.05 Å². The van der Waals surface area contributed by atoms with Crippen LogP contribution >= 0.6 is 0 Å². The van der Waals surface area contributed by atoms with Crippen molar-refractivity contribution in [1.82, 2.24) is 20.0 Å². The fraction of sp³-hybridized carbons (Fsp3) is 0.346. The largest absolute Gasteiger partial charge is 0.338 e. The van der Waals surface area contributed by atoms with E-state index in [4.69, 9.17) is 9.51 Å². The molecule has 5 nitrogen and oxygen atoms in total. The number of pyridine rings is 1. The van der Waals surface area contributed by atoms with Gasteiger partial charge in [-0.3, -0.25) is 9.88 Å². The summed E-state index contributed by atoms with van der Waals surface area (Å²) in [5.41, 5.74) is 4.74. The maximum Gasteiger partial charge on any atom is 0.240 e. The number of hydrogen-bond acceptors (Lipinski definition) is 5. The number of aromatic nitrogens is 3. The molecule has 0 saturated heterocycles. The maximum absolute atomic E-state index is 5.73. The van der Waals surface area contributed by atoms with Crippen molar-refractivity contribution >= 4 is 10.9 Å². The summed E-state index contributed by atoms with van der Waals surface area (Å²) in [4.78, 5) is 11.6. The zero-order chi connectivity index (χ0) is 21.3. The second-order valence-corrected chi connectivity index (χ2v) is 8.83. The molecule has 158 valence electrons. The van der Waals surface area contributed by atoms with Gasteiger partial charge in [-0.2, -0.15) is 4.98 Å². The topological polar surface area (TPSA) is 55.1 Å². The SMILES string of the molecule is Cc1ccc(C2(c3noc(CN(C)Cc4ccnc5ccccc45)n3)CCCC2)cc1. The molecular weight excluding hydrogens is 384 g/mol. The molecule has 4 aromatic rings. The van der Waals surface area contributed by atoms with E-state index in [1.54, 1.807) is 0 Å². The van der Waals surface area contributed by atoms with Crippen LogP contribution in [0.2, 0.25) is 0 Å². The predicted octanol–water partition coefficient (Wildman–Crippen LogP) is 5.42. The minimum atomic E-state index is -0.116. The first-order chi connectivity index (χ1) is 15.1. The van der Waals surface area contributed by atoms with Crippen LogP contribution in [0.1, 0.15) is 54.1 Å². The van der Waals surface area contributed by atoms with Crippen molar-refractivity contribution in [3.63, 3.8) is 0 Å². The average Bonchev–Trinajstić information content (AvgIpc) is 3.45. The van der Waals surface area contributed by atoms with Gasteiger partial charge in [-0.25, -0.2) is 0 Å². The number of fused-ring (bicyclic) bond motifs is 1. The van der Waals surface area contributed by atoms with Crippen LogP contribution in [0.5, 0.6) is 0 Å². The fourth-order valence-electron chi connectivity index (χ4n) is 4.88. The molecule has 1 aliphatic carbocycles. The monoisotopic (exact) mass is 412 g/mol. The highest BCUT2D eigenvalue weighted by Gasteiger charge is 2.41. The molecule has 5 heteroatoms. The van der Waals surface area contributed by atoms with Gasteiger partial charge in [0.05, 0.1) is 17.5 Å². The van der Waals surface area contributed by atoms with Gasteiger partial charge in [0, 0.05) is 18.1 Å². The highest BCUT2D eigenvalue weighted by Crippen LogP contribution is 2.45. The lowest BCUT2D eigenvalue weighted by molar-refractivity contribution is 0.260. The minimum Gasteiger partial charge on any atom is -0.338 e. The van der Waals surface area contributed by atoms with E-state index in [1.165, 1.54) is 34.9 Å². The van der Waals surface area contributed by atoms with E-state index in [2.05, 4.69) is 77.5 Å². The smallest absolute Gasteiger partial charge is 0.240 e. The van der Waals surface area contributed by atoms with Gasteiger partial charge in [0.15, 0.2) is 5.82 Å². The standard InChI is InChI=1S/C26H28N4O/c1-19-9-11-21(12-10-19)26(14-5-6-15-26)25-28-24(31-29-25)18-30(2)17-20-13-16-27-23-8-4-3-7-22(20)23/h3-4,7-13,16H,5-6,14-15,17-18H2,1-2H3. The zero-order valence-corrected chi connectivity index (χ0v) is 18.2. The highest BCUT2D eigenvalue weighted by atomic mass is 16.5. The fourth-order valence-corrected chi connectivity index (χ4v) is 4.88. The third kappa shape index (κ3) is 3.86. The molecule has 0 amide bonds. The molecule has 1 saturated carbocycles. The molecule has 0 unspecified atom stereocenters. The van der Waals surface area contributed by atoms with Gasteiger partial charge in [-0.05, 0) is 50.1 Å². The molecule has 0 bridgehead atoms. The van der Waals surface area contributed by atoms with Crippen molar-refractivity contribution < 1.29 is 4.52 Å². The second-order valence-electron chi connectivity index (χ2n) is 8.83. The lowest BCUT2D eigenvalue weighted by Crippen LogP contribution is -2.25. The number of rotatable bonds is 6. The van der Waals surface area contributed by atoms with Gasteiger partial charge in [0.2, 0.25) is 5.89 Å². The number of benzene rings is 2. The van der Waals surface area contributed by atoms with Gasteiger partial charge in [-0.15, -0.1) is 0 Å². The molecule has 0 spiro atoms. The van der Waals surface area contributed by atoms with Crippen LogP contribution in [0.25, 0.3) is 10.9 Å². The van der Waals surface area contributed by atoms with Crippen LogP contribution in [-0.2, 0) is 18.5 Å². The molecule has 2 heterocycles. The van der Waals surface area contributed by atoms with E-state index in [9.17, 15) is 0 Å². The predicted molar refractivity (Wildman–Crippen MR) is 122 cm³/mol. The van der Waals surface area contributed by atoms with E-state index >= 15 is 0 Å². The molecule has 0 atom stereocenters. The zero-order valence-electron chi connectivity index (χ0n) is 18.2. The van der Waals surface area contributed by atoms with Gasteiger partial charge < -0.3 is 4.52 Å². The highest BCUT2D eigenvalue weighted by molar-refractivity contribution is 5.81. The quantitative estimate of drug-likeness (QED) is 0.423. The average molecular weight is 413 g/mol. The van der Waals surface area contributed by atoms with E-state index < -0.39 is 0 Å². The van der Waals surface area contributed by atoms with Crippen LogP contribution in [0.4, 0.5) is 0 Å². The molecule has 1 fully saturated rings. The second kappa shape index (κ2) is 8.23. The number of para-hydroxylation sites is 1. The number of nitrogens with zero attached hydrogens (tertiary/aromatic N) is 4.